The molecular formula is C24H26N2O7. The number of nitrogens with two attached hydrogens (primary N) is 1. The first-order chi connectivity index (χ1) is 15.3. The standard InChI is InChI=1S/C24H26N2O7/c1-9(2)11-5-6-14(27)16-12(11)7-10-8-13-18(26(3)4)20(29)17(23(25)32)22(31)24(13,33)21(30)15(10)19(16)28/h5-6,10,13,15,17-18,27,33H,1,7-8H2,2-4H3,(H2,25,32)/t10-,13-,15?,17?,18-,24-/m0/s1. The number of hydrogen-bond acceptors (Lipinski definition) is 8. The highest BCUT2D eigenvalue weighted by Gasteiger charge is 2.69. The van der Waals surface area contributed by atoms with Crippen LogP contribution >= 0.6 is 0 Å². The van der Waals surface area contributed by atoms with Gasteiger partial charge in [-0.15, -0.1) is 0 Å². The van der Waals surface area contributed by atoms with Gasteiger partial charge in [0.25, 0.3) is 0 Å². The van der Waals surface area contributed by atoms with Crippen molar-refractivity contribution in [1.29, 1.82) is 0 Å². The molecule has 33 heavy (non-hydrogen) atoms. The van der Waals surface area contributed by atoms with E-state index in [9.17, 15) is 34.2 Å². The average molecular weight is 454 g/mol. The Kier molecular flexibility index (Phi) is 5.18. The van der Waals surface area contributed by atoms with Gasteiger partial charge in [-0.2, -0.15) is 0 Å². The summed E-state index contributed by atoms with van der Waals surface area (Å²) in [7, 11) is 3.10. The second-order valence-electron chi connectivity index (χ2n) is 9.56. The van der Waals surface area contributed by atoms with E-state index in [0.717, 1.165) is 0 Å². The summed E-state index contributed by atoms with van der Waals surface area (Å²) in [5, 5.41) is 21.9. The molecule has 174 valence electrons. The first-order valence-corrected chi connectivity index (χ1v) is 10.7. The van der Waals surface area contributed by atoms with E-state index in [2.05, 4.69) is 6.58 Å². The molecule has 0 aliphatic heterocycles. The Morgan fingerprint density at radius 1 is 1.18 bits per heavy atom. The van der Waals surface area contributed by atoms with Crippen LogP contribution in [-0.2, 0) is 25.6 Å². The highest BCUT2D eigenvalue weighted by atomic mass is 16.3. The van der Waals surface area contributed by atoms with Gasteiger partial charge in [-0.1, -0.05) is 18.2 Å². The molecule has 2 fully saturated rings. The minimum Gasteiger partial charge on any atom is -0.507 e. The van der Waals surface area contributed by atoms with E-state index in [0.29, 0.717) is 16.7 Å². The molecule has 1 aromatic carbocycles. The molecule has 0 saturated heterocycles. The fourth-order valence-electron chi connectivity index (χ4n) is 6.00. The molecule has 0 radical (unpaired) electrons. The molecule has 3 aliphatic carbocycles. The molecule has 6 atom stereocenters. The second-order valence-corrected chi connectivity index (χ2v) is 9.56. The molecule has 4 N–H and O–H groups in total. The Morgan fingerprint density at radius 3 is 2.36 bits per heavy atom. The van der Waals surface area contributed by atoms with E-state index in [4.69, 9.17) is 5.73 Å². The van der Waals surface area contributed by atoms with Crippen molar-refractivity contribution in [2.45, 2.75) is 31.4 Å². The zero-order valence-corrected chi connectivity index (χ0v) is 18.6. The predicted molar refractivity (Wildman–Crippen MR) is 116 cm³/mol. The lowest BCUT2D eigenvalue weighted by Gasteiger charge is -2.52. The number of nitrogens with zero attached hydrogens (tertiary/aromatic N) is 1. The van der Waals surface area contributed by atoms with Crippen LogP contribution < -0.4 is 5.73 Å². The predicted octanol–water partition coefficient (Wildman–Crippen LogP) is -0.0999. The molecule has 0 heterocycles. The number of hydrogen-bond donors (Lipinski definition) is 3. The maximum atomic E-state index is 13.6. The van der Waals surface area contributed by atoms with Gasteiger partial charge in [0.2, 0.25) is 5.91 Å². The number of carbonyl (C=O) groups excluding carboxylic acids is 5. The first kappa shape index (κ1) is 23.0. The molecule has 1 aromatic rings. The molecule has 3 aliphatic rings. The van der Waals surface area contributed by atoms with E-state index < -0.39 is 64.4 Å². The van der Waals surface area contributed by atoms with Gasteiger partial charge in [-0.25, -0.2) is 0 Å². The number of primary amides is 1. The Balaban J connectivity index is 1.90. The summed E-state index contributed by atoms with van der Waals surface area (Å²) in [6.07, 6.45) is 0.248. The van der Waals surface area contributed by atoms with Gasteiger partial charge in [-0.05, 0) is 57.0 Å². The van der Waals surface area contributed by atoms with Gasteiger partial charge >= 0.3 is 0 Å². The monoisotopic (exact) mass is 454 g/mol. The van der Waals surface area contributed by atoms with Crippen molar-refractivity contribution in [3.8, 4) is 5.75 Å². The topological polar surface area (TPSA) is 155 Å². The minimum absolute atomic E-state index is 0.0230. The smallest absolute Gasteiger partial charge is 0.235 e. The van der Waals surface area contributed by atoms with E-state index in [-0.39, 0.29) is 24.2 Å². The summed E-state index contributed by atoms with van der Waals surface area (Å²) in [5.74, 6) is -10.4. The van der Waals surface area contributed by atoms with Crippen molar-refractivity contribution in [1.82, 2.24) is 4.90 Å². The molecular weight excluding hydrogens is 428 g/mol. The number of fused-ring (bicyclic) bond motifs is 3. The van der Waals surface area contributed by atoms with E-state index in [1.807, 2.05) is 0 Å². The van der Waals surface area contributed by atoms with Crippen LogP contribution in [0.2, 0.25) is 0 Å². The van der Waals surface area contributed by atoms with Gasteiger partial charge in [-0.3, -0.25) is 28.9 Å². The normalized spacial score (nSPS) is 33.4. The minimum atomic E-state index is -2.71. The van der Waals surface area contributed by atoms with Gasteiger partial charge in [0, 0.05) is 5.92 Å². The Hall–Kier alpha value is -3.17. The number of likely N-dealkylation sites (N-methyl/N-ethyl adjacent to an activating group) is 1. The van der Waals surface area contributed by atoms with Crippen LogP contribution in [0, 0.1) is 23.7 Å². The number of amides is 1. The third kappa shape index (κ3) is 2.95. The summed E-state index contributed by atoms with van der Waals surface area (Å²) in [4.78, 5) is 66.7. The van der Waals surface area contributed by atoms with Crippen LogP contribution in [0.1, 0.15) is 34.8 Å². The fraction of sp³-hybridized carbons (Fsp3) is 0.458. The Morgan fingerprint density at radius 2 is 1.82 bits per heavy atom. The van der Waals surface area contributed by atoms with Gasteiger partial charge in [0.15, 0.2) is 34.7 Å². The summed E-state index contributed by atoms with van der Waals surface area (Å²) in [6, 6.07) is 1.89. The number of aliphatic hydroxyl groups is 1. The van der Waals surface area contributed by atoms with Crippen LogP contribution in [-0.4, -0.2) is 69.9 Å². The summed E-state index contributed by atoms with van der Waals surface area (Å²) < 4.78 is 0. The zero-order chi connectivity index (χ0) is 24.6. The van der Waals surface area contributed by atoms with E-state index in [1.165, 1.54) is 11.0 Å². The molecule has 0 spiro atoms. The largest absolute Gasteiger partial charge is 0.507 e. The van der Waals surface area contributed by atoms with E-state index in [1.54, 1.807) is 27.1 Å². The zero-order valence-electron chi connectivity index (χ0n) is 18.6. The number of phenolic OH excluding ortho intramolecular Hbond substituents is 1. The molecule has 2 saturated carbocycles. The van der Waals surface area contributed by atoms with Gasteiger partial charge in [0.05, 0.1) is 17.5 Å². The Labute approximate surface area is 190 Å². The van der Waals surface area contributed by atoms with Crippen LogP contribution in [0.25, 0.3) is 5.57 Å². The van der Waals surface area contributed by atoms with Crippen molar-refractivity contribution in [2.24, 2.45) is 29.4 Å². The van der Waals surface area contributed by atoms with Gasteiger partial charge in [0.1, 0.15) is 5.75 Å². The summed E-state index contributed by atoms with van der Waals surface area (Å²) in [6.45, 7) is 5.69. The highest BCUT2D eigenvalue weighted by molar-refractivity contribution is 6.32. The lowest BCUT2D eigenvalue weighted by atomic mass is 9.52. The highest BCUT2D eigenvalue weighted by Crippen LogP contribution is 2.51. The summed E-state index contributed by atoms with van der Waals surface area (Å²) in [5.41, 5.74) is 4.46. The molecule has 1 amide bonds. The molecule has 0 bridgehead atoms. The SMILES string of the molecule is C=C(C)c1ccc(O)c2c1C[C@H]1C[C@H]3[C@H](N(C)C)C(=O)C(C(N)=O)C(=O)[C@@]3(O)C(=O)C1C2=O. The van der Waals surface area contributed by atoms with Gasteiger partial charge < -0.3 is 15.9 Å². The van der Waals surface area contributed by atoms with Crippen molar-refractivity contribution >= 4 is 34.6 Å². The number of ketones is 4. The van der Waals surface area contributed by atoms with Crippen LogP contribution in [0.4, 0.5) is 0 Å². The summed E-state index contributed by atoms with van der Waals surface area (Å²) >= 11 is 0. The molecule has 0 aromatic heterocycles. The number of carbonyl (C=O) groups is 5. The Bertz CT molecular complexity index is 1150. The number of phenols is 1. The van der Waals surface area contributed by atoms with Crippen LogP contribution in [0.5, 0.6) is 5.75 Å². The first-order valence-electron chi connectivity index (χ1n) is 10.7. The maximum Gasteiger partial charge on any atom is 0.235 e. The van der Waals surface area contributed by atoms with Crippen molar-refractivity contribution in [2.75, 3.05) is 14.1 Å². The second kappa shape index (κ2) is 7.43. The molecule has 4 rings (SSSR count). The van der Waals surface area contributed by atoms with Crippen LogP contribution in [0.15, 0.2) is 18.7 Å². The third-order valence-corrected chi connectivity index (χ3v) is 7.40. The molecule has 2 unspecified atom stereocenters. The third-order valence-electron chi connectivity index (χ3n) is 7.40. The molecule has 9 nitrogen and oxygen atoms in total. The lowest BCUT2D eigenvalue weighted by Crippen LogP contribution is -2.74. The quantitative estimate of drug-likeness (QED) is 0.535. The average Bonchev–Trinajstić information content (AvgIpc) is 2.70. The van der Waals surface area contributed by atoms with Crippen LogP contribution in [0.3, 0.4) is 0 Å². The molecule has 9 heteroatoms. The number of rotatable bonds is 3. The maximum absolute atomic E-state index is 13.6. The lowest BCUT2D eigenvalue weighted by molar-refractivity contribution is -0.181. The number of Topliss-reactive ketones (excluding diaryl/α,β-unsaturated/α-hetero) is 4. The van der Waals surface area contributed by atoms with Crippen molar-refractivity contribution in [3.63, 3.8) is 0 Å². The van der Waals surface area contributed by atoms with E-state index >= 15 is 0 Å². The van der Waals surface area contributed by atoms with Crippen molar-refractivity contribution < 1.29 is 34.2 Å². The van der Waals surface area contributed by atoms with Crippen molar-refractivity contribution in [3.05, 3.63) is 35.4 Å². The fourth-order valence-corrected chi connectivity index (χ4v) is 6.00. The number of aromatic hydroxyl groups is 1. The number of benzene rings is 1. The number of allylic oxidation sites excluding steroid dienone is 1.